The lowest BCUT2D eigenvalue weighted by atomic mass is 9.87. The van der Waals surface area contributed by atoms with Crippen LogP contribution in [0.3, 0.4) is 0 Å². The average Bonchev–Trinajstić information content (AvgIpc) is 2.62. The minimum absolute atomic E-state index is 0.513. The van der Waals surface area contributed by atoms with E-state index in [1.165, 1.54) is 5.56 Å². The van der Waals surface area contributed by atoms with Gasteiger partial charge in [-0.3, -0.25) is 0 Å². The number of allylic oxidation sites excluding steroid dienone is 8. The molecule has 0 aliphatic rings. The van der Waals surface area contributed by atoms with Gasteiger partial charge in [-0.25, -0.2) is 0 Å². The van der Waals surface area contributed by atoms with Crippen LogP contribution >= 0.6 is 0 Å². The van der Waals surface area contributed by atoms with Gasteiger partial charge < -0.3 is 4.65 Å². The van der Waals surface area contributed by atoms with Gasteiger partial charge >= 0.3 is 7.48 Å². The molecule has 1 atom stereocenters. The predicted octanol–water partition coefficient (Wildman–Crippen LogP) is 5.70. The molecule has 1 rings (SSSR count). The molecule has 1 aromatic rings. The standard InChI is InChI=1S/C23H32BO/c1-4-5-6-7-8-9-10-11-12-13-14-21(2)19-20-25-24-23-17-15-22(3)16-18-23/h5-6,9-18,21H,4,7-8,19-20H2,1-3H3/b6-5-,10-9+,12-11-,14-13+. The topological polar surface area (TPSA) is 9.23 Å². The van der Waals surface area contributed by atoms with Gasteiger partial charge in [-0.15, -0.1) is 0 Å². The number of rotatable bonds is 12. The molecule has 0 aliphatic carbocycles. The summed E-state index contributed by atoms with van der Waals surface area (Å²) in [6.07, 6.45) is 21.7. The monoisotopic (exact) mass is 335 g/mol. The van der Waals surface area contributed by atoms with Gasteiger partial charge in [-0.2, -0.15) is 0 Å². The van der Waals surface area contributed by atoms with E-state index in [1.807, 2.05) is 7.48 Å². The Labute approximate surface area is 155 Å². The molecule has 0 N–H and O–H groups in total. The number of aryl methyl sites for hydroxylation is 1. The molecule has 0 saturated carbocycles. The number of hydrogen-bond donors (Lipinski definition) is 0. The van der Waals surface area contributed by atoms with Crippen LogP contribution in [-0.2, 0) is 4.65 Å². The SMILES string of the molecule is CC/C=C\CC/C=C/C=C\C=C\C(C)CCO[B]c1ccc(C)cc1. The van der Waals surface area contributed by atoms with Crippen molar-refractivity contribution in [2.24, 2.45) is 5.92 Å². The molecule has 0 amide bonds. The van der Waals surface area contributed by atoms with Crippen molar-refractivity contribution in [2.75, 3.05) is 6.61 Å². The maximum absolute atomic E-state index is 5.64. The molecular formula is C23H32BO. The Morgan fingerprint density at radius 2 is 1.68 bits per heavy atom. The first kappa shape index (κ1) is 21.2. The molecule has 1 unspecified atom stereocenters. The van der Waals surface area contributed by atoms with Crippen LogP contribution in [0.2, 0.25) is 0 Å². The number of benzene rings is 1. The van der Waals surface area contributed by atoms with Crippen LogP contribution in [-0.4, -0.2) is 14.1 Å². The summed E-state index contributed by atoms with van der Waals surface area (Å²) < 4.78 is 5.64. The minimum Gasteiger partial charge on any atom is -0.434 e. The van der Waals surface area contributed by atoms with Crippen LogP contribution in [0, 0.1) is 12.8 Å². The number of unbranched alkanes of at least 4 members (excludes halogenated alkanes) is 1. The van der Waals surface area contributed by atoms with E-state index in [9.17, 15) is 0 Å². The fraction of sp³-hybridized carbons (Fsp3) is 0.391. The van der Waals surface area contributed by atoms with E-state index in [4.69, 9.17) is 4.65 Å². The van der Waals surface area contributed by atoms with E-state index >= 15 is 0 Å². The first-order valence-corrected chi connectivity index (χ1v) is 9.39. The second-order valence-electron chi connectivity index (χ2n) is 6.32. The summed E-state index contributed by atoms with van der Waals surface area (Å²) in [7, 11) is 1.84. The number of hydrogen-bond acceptors (Lipinski definition) is 1. The maximum Gasteiger partial charge on any atom is 0.329 e. The Morgan fingerprint density at radius 3 is 2.44 bits per heavy atom. The normalized spacial score (nSPS) is 13.6. The fourth-order valence-electron chi connectivity index (χ4n) is 2.18. The van der Waals surface area contributed by atoms with E-state index < -0.39 is 0 Å². The molecule has 2 heteroatoms. The van der Waals surface area contributed by atoms with Crippen LogP contribution < -0.4 is 5.46 Å². The van der Waals surface area contributed by atoms with Gasteiger partial charge in [-0.05, 0) is 38.5 Å². The summed E-state index contributed by atoms with van der Waals surface area (Å²) in [6.45, 7) is 7.22. The molecule has 0 aromatic heterocycles. The summed E-state index contributed by atoms with van der Waals surface area (Å²) >= 11 is 0. The van der Waals surface area contributed by atoms with Gasteiger partial charge in [-0.1, -0.05) is 97.7 Å². The quantitative estimate of drug-likeness (QED) is 0.206. The molecule has 133 valence electrons. The molecule has 0 saturated heterocycles. The molecule has 0 aliphatic heterocycles. The van der Waals surface area contributed by atoms with E-state index in [-0.39, 0.29) is 0 Å². The zero-order valence-corrected chi connectivity index (χ0v) is 16.0. The van der Waals surface area contributed by atoms with Gasteiger partial charge in [0.05, 0.1) is 0 Å². The second kappa shape index (κ2) is 14.5. The third-order valence-corrected chi connectivity index (χ3v) is 3.80. The lowest BCUT2D eigenvalue weighted by molar-refractivity contribution is 0.316. The van der Waals surface area contributed by atoms with Crippen molar-refractivity contribution in [3.63, 3.8) is 0 Å². The van der Waals surface area contributed by atoms with Crippen molar-refractivity contribution in [1.29, 1.82) is 0 Å². The average molecular weight is 335 g/mol. The first-order chi connectivity index (χ1) is 12.2. The highest BCUT2D eigenvalue weighted by Gasteiger charge is 1.99. The van der Waals surface area contributed by atoms with Crippen LogP contribution in [0.25, 0.3) is 0 Å². The summed E-state index contributed by atoms with van der Waals surface area (Å²) in [4.78, 5) is 0. The Hall–Kier alpha value is -1.80. The molecule has 0 fully saturated rings. The van der Waals surface area contributed by atoms with Crippen molar-refractivity contribution >= 4 is 12.9 Å². The predicted molar refractivity (Wildman–Crippen MR) is 112 cm³/mol. The molecule has 0 bridgehead atoms. The molecular weight excluding hydrogens is 303 g/mol. The molecule has 25 heavy (non-hydrogen) atoms. The lowest BCUT2D eigenvalue weighted by Crippen LogP contribution is -2.18. The van der Waals surface area contributed by atoms with E-state index in [2.05, 4.69) is 93.6 Å². The van der Waals surface area contributed by atoms with Crippen molar-refractivity contribution in [1.82, 2.24) is 0 Å². The highest BCUT2D eigenvalue weighted by Crippen LogP contribution is 2.04. The van der Waals surface area contributed by atoms with Gasteiger partial charge in [0.15, 0.2) is 0 Å². The van der Waals surface area contributed by atoms with Crippen LogP contribution in [0.1, 0.15) is 45.1 Å². The van der Waals surface area contributed by atoms with Crippen LogP contribution in [0.5, 0.6) is 0 Å². The third kappa shape index (κ3) is 12.2. The van der Waals surface area contributed by atoms with E-state index in [0.29, 0.717) is 5.92 Å². The molecule has 1 radical (unpaired) electrons. The van der Waals surface area contributed by atoms with Crippen LogP contribution in [0.4, 0.5) is 0 Å². The Kier molecular flexibility index (Phi) is 12.4. The third-order valence-electron chi connectivity index (χ3n) is 3.80. The Balaban J connectivity index is 2.08. The molecule has 0 heterocycles. The van der Waals surface area contributed by atoms with E-state index in [0.717, 1.165) is 37.8 Å². The van der Waals surface area contributed by atoms with Gasteiger partial charge in [0.1, 0.15) is 0 Å². The molecule has 1 aromatic carbocycles. The summed E-state index contributed by atoms with van der Waals surface area (Å²) in [5.74, 6) is 0.513. The highest BCUT2D eigenvalue weighted by atomic mass is 16.4. The zero-order valence-electron chi connectivity index (χ0n) is 16.0. The smallest absolute Gasteiger partial charge is 0.329 e. The minimum atomic E-state index is 0.513. The van der Waals surface area contributed by atoms with Gasteiger partial charge in [0.25, 0.3) is 0 Å². The Bertz CT molecular complexity index is 552. The largest absolute Gasteiger partial charge is 0.434 e. The van der Waals surface area contributed by atoms with Gasteiger partial charge in [0, 0.05) is 6.61 Å². The van der Waals surface area contributed by atoms with Crippen molar-refractivity contribution < 1.29 is 4.65 Å². The summed E-state index contributed by atoms with van der Waals surface area (Å²) in [5, 5.41) is 0. The van der Waals surface area contributed by atoms with Gasteiger partial charge in [0.2, 0.25) is 0 Å². The van der Waals surface area contributed by atoms with Crippen molar-refractivity contribution in [3.8, 4) is 0 Å². The van der Waals surface area contributed by atoms with E-state index in [1.54, 1.807) is 0 Å². The molecule has 0 spiro atoms. The molecule has 1 nitrogen and oxygen atoms in total. The maximum atomic E-state index is 5.64. The van der Waals surface area contributed by atoms with Crippen molar-refractivity contribution in [2.45, 2.75) is 46.5 Å². The highest BCUT2D eigenvalue weighted by molar-refractivity contribution is 6.46. The first-order valence-electron chi connectivity index (χ1n) is 9.39. The summed E-state index contributed by atoms with van der Waals surface area (Å²) in [5.41, 5.74) is 2.39. The second-order valence-corrected chi connectivity index (χ2v) is 6.32. The summed E-state index contributed by atoms with van der Waals surface area (Å²) in [6, 6.07) is 8.36. The van der Waals surface area contributed by atoms with Crippen molar-refractivity contribution in [3.05, 3.63) is 78.4 Å². The Morgan fingerprint density at radius 1 is 0.960 bits per heavy atom. The van der Waals surface area contributed by atoms with Crippen LogP contribution in [0.15, 0.2) is 72.9 Å². The lowest BCUT2D eigenvalue weighted by Gasteiger charge is -2.06. The zero-order chi connectivity index (χ0) is 18.2. The fourth-order valence-corrected chi connectivity index (χ4v) is 2.18.